The molecule has 0 bridgehead atoms. The minimum absolute atomic E-state index is 0.0767. The lowest BCUT2D eigenvalue weighted by Crippen LogP contribution is -2.32. The number of amides is 2. The van der Waals surface area contributed by atoms with E-state index in [2.05, 4.69) is 22.9 Å². The number of anilines is 1. The third kappa shape index (κ3) is 6.36. The van der Waals surface area contributed by atoms with Gasteiger partial charge in [-0.2, -0.15) is 0 Å². The molecule has 0 aliphatic heterocycles. The zero-order chi connectivity index (χ0) is 17.5. The monoisotopic (exact) mass is 323 g/mol. The predicted molar refractivity (Wildman–Crippen MR) is 90.0 cm³/mol. The van der Waals surface area contributed by atoms with Crippen LogP contribution in [0.15, 0.2) is 18.2 Å². The summed E-state index contributed by atoms with van der Waals surface area (Å²) >= 11 is 0. The summed E-state index contributed by atoms with van der Waals surface area (Å²) in [6.07, 6.45) is 1.01. The molecule has 6 heteroatoms. The van der Waals surface area contributed by atoms with Gasteiger partial charge in [-0.05, 0) is 31.2 Å². The Hall–Kier alpha value is -1.95. The van der Waals surface area contributed by atoms with E-state index in [1.807, 2.05) is 0 Å². The maximum atomic E-state index is 13.8. The molecule has 0 saturated heterocycles. The van der Waals surface area contributed by atoms with Gasteiger partial charge in [0.05, 0.1) is 5.56 Å². The molecule has 1 rings (SSSR count). The summed E-state index contributed by atoms with van der Waals surface area (Å²) in [5.41, 5.74) is -0.241. The highest BCUT2D eigenvalue weighted by atomic mass is 19.1. The highest BCUT2D eigenvalue weighted by Gasteiger charge is 2.22. The van der Waals surface area contributed by atoms with Crippen LogP contribution in [0.25, 0.3) is 0 Å². The van der Waals surface area contributed by atoms with E-state index in [0.717, 1.165) is 13.0 Å². The lowest BCUT2D eigenvalue weighted by atomic mass is 9.95. The largest absolute Gasteiger partial charge is 0.351 e. The second-order valence-electron chi connectivity index (χ2n) is 6.40. The normalized spacial score (nSPS) is 11.2. The Morgan fingerprint density at radius 2 is 1.83 bits per heavy atom. The van der Waals surface area contributed by atoms with E-state index >= 15 is 0 Å². The highest BCUT2D eigenvalue weighted by Crippen LogP contribution is 2.19. The topological polar surface area (TPSA) is 70.2 Å². The molecule has 1 aromatic rings. The zero-order valence-electron chi connectivity index (χ0n) is 14.3. The first-order valence-corrected chi connectivity index (χ1v) is 7.85. The van der Waals surface area contributed by atoms with Crippen molar-refractivity contribution in [2.45, 2.75) is 34.1 Å². The van der Waals surface area contributed by atoms with Crippen LogP contribution in [0, 0.1) is 11.2 Å². The lowest BCUT2D eigenvalue weighted by Gasteiger charge is -2.18. The summed E-state index contributed by atoms with van der Waals surface area (Å²) in [4.78, 5) is 24.0. The van der Waals surface area contributed by atoms with Crippen molar-refractivity contribution in [1.82, 2.24) is 10.6 Å². The first-order valence-electron chi connectivity index (χ1n) is 7.85. The van der Waals surface area contributed by atoms with Crippen LogP contribution in [-0.4, -0.2) is 31.4 Å². The van der Waals surface area contributed by atoms with Crippen molar-refractivity contribution in [1.29, 1.82) is 0 Å². The van der Waals surface area contributed by atoms with Gasteiger partial charge in [0.2, 0.25) is 5.91 Å². The Morgan fingerprint density at radius 3 is 2.43 bits per heavy atom. The van der Waals surface area contributed by atoms with E-state index in [4.69, 9.17) is 0 Å². The second-order valence-corrected chi connectivity index (χ2v) is 6.40. The zero-order valence-corrected chi connectivity index (χ0v) is 14.3. The number of benzene rings is 1. The quantitative estimate of drug-likeness (QED) is 0.675. The summed E-state index contributed by atoms with van der Waals surface area (Å²) in [6.45, 7) is 9.31. The number of hydrogen-bond acceptors (Lipinski definition) is 3. The Bertz CT molecular complexity index is 553. The van der Waals surface area contributed by atoms with E-state index in [0.29, 0.717) is 18.8 Å². The van der Waals surface area contributed by atoms with Crippen LogP contribution in [0.4, 0.5) is 10.1 Å². The molecule has 0 saturated carbocycles. The maximum absolute atomic E-state index is 13.8. The average Bonchev–Trinajstić information content (AvgIpc) is 2.47. The van der Waals surface area contributed by atoms with Gasteiger partial charge in [0.15, 0.2) is 0 Å². The minimum atomic E-state index is -0.613. The molecule has 0 heterocycles. The molecule has 2 amide bonds. The van der Waals surface area contributed by atoms with Gasteiger partial charge in [-0.1, -0.05) is 27.7 Å². The van der Waals surface area contributed by atoms with E-state index in [1.165, 1.54) is 18.2 Å². The summed E-state index contributed by atoms with van der Waals surface area (Å²) in [7, 11) is 0. The number of hydrogen-bond donors (Lipinski definition) is 3. The van der Waals surface area contributed by atoms with E-state index < -0.39 is 17.1 Å². The molecule has 0 unspecified atom stereocenters. The Labute approximate surface area is 137 Å². The SMILES string of the molecule is CCCNCCNC(=O)c1cc(NC(=O)C(C)(C)C)ccc1F. The predicted octanol–water partition coefficient (Wildman–Crippen LogP) is 2.54. The molecule has 0 aliphatic rings. The number of nitrogens with one attached hydrogen (secondary N) is 3. The van der Waals surface area contributed by atoms with Gasteiger partial charge in [-0.3, -0.25) is 9.59 Å². The third-order valence-electron chi connectivity index (χ3n) is 3.16. The van der Waals surface area contributed by atoms with Crippen LogP contribution in [0.3, 0.4) is 0 Å². The van der Waals surface area contributed by atoms with Crippen LogP contribution >= 0.6 is 0 Å². The smallest absolute Gasteiger partial charge is 0.254 e. The summed E-state index contributed by atoms with van der Waals surface area (Å²) in [6, 6.07) is 3.98. The molecular weight excluding hydrogens is 297 g/mol. The van der Waals surface area contributed by atoms with Gasteiger partial charge in [0.1, 0.15) is 5.82 Å². The first-order chi connectivity index (χ1) is 10.8. The second kappa shape index (κ2) is 8.62. The summed E-state index contributed by atoms with van der Waals surface area (Å²) in [5.74, 6) is -1.30. The highest BCUT2D eigenvalue weighted by molar-refractivity contribution is 5.98. The maximum Gasteiger partial charge on any atom is 0.254 e. The van der Waals surface area contributed by atoms with Gasteiger partial charge in [0, 0.05) is 24.2 Å². The van der Waals surface area contributed by atoms with E-state index in [-0.39, 0.29) is 11.5 Å². The van der Waals surface area contributed by atoms with Crippen molar-refractivity contribution in [3.8, 4) is 0 Å². The van der Waals surface area contributed by atoms with Crippen molar-refractivity contribution in [3.63, 3.8) is 0 Å². The number of carbonyl (C=O) groups excluding carboxylic acids is 2. The molecule has 0 aromatic heterocycles. The first kappa shape index (κ1) is 19.1. The van der Waals surface area contributed by atoms with Gasteiger partial charge >= 0.3 is 0 Å². The Balaban J connectivity index is 2.69. The number of carbonyl (C=O) groups is 2. The van der Waals surface area contributed by atoms with Crippen LogP contribution in [0.2, 0.25) is 0 Å². The molecule has 0 fully saturated rings. The fourth-order valence-electron chi connectivity index (χ4n) is 1.76. The van der Waals surface area contributed by atoms with Crippen molar-refractivity contribution in [2.75, 3.05) is 25.0 Å². The molecule has 1 aromatic carbocycles. The average molecular weight is 323 g/mol. The van der Waals surface area contributed by atoms with Gasteiger partial charge < -0.3 is 16.0 Å². The van der Waals surface area contributed by atoms with Gasteiger partial charge in [0.25, 0.3) is 5.91 Å². The van der Waals surface area contributed by atoms with Gasteiger partial charge in [-0.15, -0.1) is 0 Å². The van der Waals surface area contributed by atoms with Crippen molar-refractivity contribution in [3.05, 3.63) is 29.6 Å². The molecule has 0 atom stereocenters. The lowest BCUT2D eigenvalue weighted by molar-refractivity contribution is -0.123. The molecule has 0 radical (unpaired) electrons. The standard InChI is InChI=1S/C17H26FN3O2/c1-5-8-19-9-10-20-15(22)13-11-12(6-7-14(13)18)21-16(23)17(2,3)4/h6-7,11,19H,5,8-10H2,1-4H3,(H,20,22)(H,21,23). The summed E-state index contributed by atoms with van der Waals surface area (Å²) < 4.78 is 13.8. The van der Waals surface area contributed by atoms with E-state index in [1.54, 1.807) is 20.8 Å². The number of halogens is 1. The van der Waals surface area contributed by atoms with Crippen LogP contribution in [-0.2, 0) is 4.79 Å². The van der Waals surface area contributed by atoms with Crippen molar-refractivity contribution >= 4 is 17.5 Å². The Kier molecular flexibility index (Phi) is 7.16. The molecule has 5 nitrogen and oxygen atoms in total. The fourth-order valence-corrected chi connectivity index (χ4v) is 1.76. The van der Waals surface area contributed by atoms with Crippen LogP contribution in [0.1, 0.15) is 44.5 Å². The summed E-state index contributed by atoms with van der Waals surface area (Å²) in [5, 5.41) is 8.49. The molecule has 0 aliphatic carbocycles. The fraction of sp³-hybridized carbons (Fsp3) is 0.529. The van der Waals surface area contributed by atoms with Crippen molar-refractivity contribution < 1.29 is 14.0 Å². The molecule has 3 N–H and O–H groups in total. The van der Waals surface area contributed by atoms with Crippen LogP contribution < -0.4 is 16.0 Å². The Morgan fingerprint density at radius 1 is 1.13 bits per heavy atom. The number of rotatable bonds is 7. The van der Waals surface area contributed by atoms with Crippen LogP contribution in [0.5, 0.6) is 0 Å². The van der Waals surface area contributed by atoms with E-state index in [9.17, 15) is 14.0 Å². The third-order valence-corrected chi connectivity index (χ3v) is 3.16. The molecule has 128 valence electrons. The molecular formula is C17H26FN3O2. The van der Waals surface area contributed by atoms with Crippen molar-refractivity contribution in [2.24, 2.45) is 5.41 Å². The molecule has 0 spiro atoms. The molecule has 23 heavy (non-hydrogen) atoms. The van der Waals surface area contributed by atoms with Gasteiger partial charge in [-0.25, -0.2) is 4.39 Å². The minimum Gasteiger partial charge on any atom is -0.351 e.